The summed E-state index contributed by atoms with van der Waals surface area (Å²) in [6.07, 6.45) is 1.39. The summed E-state index contributed by atoms with van der Waals surface area (Å²) >= 11 is 0. The van der Waals surface area contributed by atoms with E-state index in [4.69, 9.17) is 0 Å². The van der Waals surface area contributed by atoms with Gasteiger partial charge in [-0.2, -0.15) is 0 Å². The van der Waals surface area contributed by atoms with Crippen LogP contribution in [0.2, 0.25) is 0 Å². The van der Waals surface area contributed by atoms with Crippen LogP contribution in [0.1, 0.15) is 12.5 Å². The van der Waals surface area contributed by atoms with Crippen molar-refractivity contribution in [3.05, 3.63) is 35.9 Å². The topological polar surface area (TPSA) is 37.4 Å². The fourth-order valence-electron chi connectivity index (χ4n) is 1.74. The van der Waals surface area contributed by atoms with Gasteiger partial charge in [-0.25, -0.2) is 0 Å². The fraction of sp³-hybridized carbons (Fsp3) is 0.167. The second-order valence-electron chi connectivity index (χ2n) is 3.55. The number of rotatable bonds is 1. The standard InChI is InChI=1S/C12H11NO2/c1-8(14)7-10-9-5-3-4-6-11(9)13(2)12(10)15/h3-7H,1-2H3/b10-7-. The van der Waals surface area contributed by atoms with E-state index in [-0.39, 0.29) is 11.7 Å². The van der Waals surface area contributed by atoms with Crippen molar-refractivity contribution in [3.63, 3.8) is 0 Å². The van der Waals surface area contributed by atoms with Gasteiger partial charge in [0.1, 0.15) is 0 Å². The molecule has 0 atom stereocenters. The van der Waals surface area contributed by atoms with Crippen LogP contribution < -0.4 is 4.90 Å². The number of likely N-dealkylation sites (N-methyl/N-ethyl adjacent to an activating group) is 1. The Bertz CT molecular complexity index is 474. The van der Waals surface area contributed by atoms with Crippen molar-refractivity contribution in [2.45, 2.75) is 6.92 Å². The molecule has 1 aromatic carbocycles. The van der Waals surface area contributed by atoms with E-state index in [1.54, 1.807) is 11.9 Å². The maximum absolute atomic E-state index is 11.8. The molecule has 3 heteroatoms. The molecule has 1 aliphatic rings. The molecule has 1 aliphatic heterocycles. The Kier molecular flexibility index (Phi) is 2.15. The zero-order valence-electron chi connectivity index (χ0n) is 8.65. The minimum atomic E-state index is -0.119. The SMILES string of the molecule is CC(=O)/C=C1\C(=O)N(C)c2ccccc21. The normalized spacial score (nSPS) is 17.1. The first-order valence-electron chi connectivity index (χ1n) is 4.71. The first-order valence-corrected chi connectivity index (χ1v) is 4.71. The van der Waals surface area contributed by atoms with E-state index in [1.807, 2.05) is 24.3 Å². The van der Waals surface area contributed by atoms with Crippen molar-refractivity contribution in [2.24, 2.45) is 0 Å². The minimum absolute atomic E-state index is 0.108. The van der Waals surface area contributed by atoms with E-state index in [2.05, 4.69) is 0 Å². The van der Waals surface area contributed by atoms with Crippen molar-refractivity contribution in [3.8, 4) is 0 Å². The molecule has 0 saturated heterocycles. The summed E-state index contributed by atoms with van der Waals surface area (Å²) in [5.74, 6) is -0.227. The van der Waals surface area contributed by atoms with Crippen LogP contribution in [0.4, 0.5) is 5.69 Å². The number of benzene rings is 1. The van der Waals surface area contributed by atoms with Crippen LogP contribution in [0.3, 0.4) is 0 Å². The van der Waals surface area contributed by atoms with Gasteiger partial charge in [-0.3, -0.25) is 9.59 Å². The highest BCUT2D eigenvalue weighted by Gasteiger charge is 2.29. The van der Waals surface area contributed by atoms with Gasteiger partial charge in [0.2, 0.25) is 0 Å². The molecule has 2 rings (SSSR count). The van der Waals surface area contributed by atoms with Gasteiger partial charge in [-0.1, -0.05) is 18.2 Å². The number of amides is 1. The molecular weight excluding hydrogens is 190 g/mol. The largest absolute Gasteiger partial charge is 0.311 e. The Labute approximate surface area is 88.0 Å². The molecule has 15 heavy (non-hydrogen) atoms. The maximum Gasteiger partial charge on any atom is 0.258 e. The second kappa shape index (κ2) is 3.35. The van der Waals surface area contributed by atoms with E-state index in [1.165, 1.54) is 13.0 Å². The van der Waals surface area contributed by atoms with E-state index < -0.39 is 0 Å². The molecule has 3 nitrogen and oxygen atoms in total. The molecule has 1 heterocycles. The fourth-order valence-corrected chi connectivity index (χ4v) is 1.74. The number of hydrogen-bond donors (Lipinski definition) is 0. The van der Waals surface area contributed by atoms with Crippen LogP contribution in [0.15, 0.2) is 30.3 Å². The molecule has 76 valence electrons. The summed E-state index contributed by atoms with van der Waals surface area (Å²) < 4.78 is 0. The molecule has 0 aromatic heterocycles. The van der Waals surface area contributed by atoms with Gasteiger partial charge < -0.3 is 4.90 Å². The Balaban J connectivity index is 2.61. The Morgan fingerprint density at radius 3 is 2.67 bits per heavy atom. The lowest BCUT2D eigenvalue weighted by Crippen LogP contribution is -2.20. The molecule has 0 bridgehead atoms. The molecule has 0 aliphatic carbocycles. The predicted molar refractivity (Wildman–Crippen MR) is 58.5 cm³/mol. The third-order valence-corrected chi connectivity index (χ3v) is 2.44. The molecule has 0 saturated carbocycles. The van der Waals surface area contributed by atoms with Crippen LogP contribution in [0, 0.1) is 0 Å². The van der Waals surface area contributed by atoms with Crippen LogP contribution in [-0.2, 0) is 9.59 Å². The zero-order chi connectivity index (χ0) is 11.0. The number of nitrogens with zero attached hydrogens (tertiary/aromatic N) is 1. The van der Waals surface area contributed by atoms with Crippen LogP contribution in [0.25, 0.3) is 5.57 Å². The Hall–Kier alpha value is -1.90. The number of fused-ring (bicyclic) bond motifs is 1. The summed E-state index contributed by atoms with van der Waals surface area (Å²) in [6.45, 7) is 1.45. The van der Waals surface area contributed by atoms with Crippen LogP contribution in [0.5, 0.6) is 0 Å². The third-order valence-electron chi connectivity index (χ3n) is 2.44. The molecule has 1 aromatic rings. The van der Waals surface area contributed by atoms with Gasteiger partial charge in [0, 0.05) is 12.6 Å². The Morgan fingerprint density at radius 2 is 2.00 bits per heavy atom. The van der Waals surface area contributed by atoms with Crippen molar-refractivity contribution in [1.29, 1.82) is 0 Å². The lowest BCUT2D eigenvalue weighted by Gasteiger charge is -2.07. The molecule has 0 unspecified atom stereocenters. The van der Waals surface area contributed by atoms with Crippen LogP contribution in [-0.4, -0.2) is 18.7 Å². The molecule has 0 N–H and O–H groups in total. The maximum atomic E-state index is 11.8. The lowest BCUT2D eigenvalue weighted by molar-refractivity contribution is -0.114. The van der Waals surface area contributed by atoms with Gasteiger partial charge >= 0.3 is 0 Å². The smallest absolute Gasteiger partial charge is 0.258 e. The molecule has 0 radical (unpaired) electrons. The predicted octanol–water partition coefficient (Wildman–Crippen LogP) is 1.64. The summed E-state index contributed by atoms with van der Waals surface area (Å²) in [7, 11) is 1.71. The van der Waals surface area contributed by atoms with Gasteiger partial charge in [-0.05, 0) is 19.1 Å². The monoisotopic (exact) mass is 201 g/mol. The first kappa shape index (κ1) is 9.65. The number of ketones is 1. The van der Waals surface area contributed by atoms with Crippen LogP contribution >= 0.6 is 0 Å². The summed E-state index contributed by atoms with van der Waals surface area (Å²) in [4.78, 5) is 24.4. The number of anilines is 1. The minimum Gasteiger partial charge on any atom is -0.311 e. The number of para-hydroxylation sites is 1. The number of carbonyl (C=O) groups is 2. The first-order chi connectivity index (χ1) is 7.11. The van der Waals surface area contributed by atoms with Crippen molar-refractivity contribution < 1.29 is 9.59 Å². The van der Waals surface area contributed by atoms with E-state index in [0.717, 1.165) is 11.3 Å². The molecule has 0 fully saturated rings. The van der Waals surface area contributed by atoms with E-state index in [0.29, 0.717) is 5.57 Å². The Morgan fingerprint density at radius 1 is 1.33 bits per heavy atom. The quantitative estimate of drug-likeness (QED) is 0.648. The summed E-state index contributed by atoms with van der Waals surface area (Å²) in [6, 6.07) is 7.46. The van der Waals surface area contributed by atoms with Gasteiger partial charge in [-0.15, -0.1) is 0 Å². The average Bonchev–Trinajstić information content (AvgIpc) is 2.44. The lowest BCUT2D eigenvalue weighted by atomic mass is 10.1. The highest BCUT2D eigenvalue weighted by Crippen LogP contribution is 2.34. The van der Waals surface area contributed by atoms with Crippen molar-refractivity contribution in [2.75, 3.05) is 11.9 Å². The van der Waals surface area contributed by atoms with Crippen molar-refractivity contribution in [1.82, 2.24) is 0 Å². The highest BCUT2D eigenvalue weighted by molar-refractivity contribution is 6.34. The highest BCUT2D eigenvalue weighted by atomic mass is 16.2. The number of carbonyl (C=O) groups excluding carboxylic acids is 2. The second-order valence-corrected chi connectivity index (χ2v) is 3.55. The van der Waals surface area contributed by atoms with E-state index >= 15 is 0 Å². The summed E-state index contributed by atoms with van der Waals surface area (Å²) in [5.41, 5.74) is 2.18. The molecule has 0 spiro atoms. The third kappa shape index (κ3) is 1.46. The van der Waals surface area contributed by atoms with E-state index in [9.17, 15) is 9.59 Å². The van der Waals surface area contributed by atoms with Gasteiger partial charge in [0.25, 0.3) is 5.91 Å². The molecule has 1 amide bonds. The average molecular weight is 201 g/mol. The summed E-state index contributed by atoms with van der Waals surface area (Å²) in [5, 5.41) is 0. The van der Waals surface area contributed by atoms with Gasteiger partial charge in [0.05, 0.1) is 11.3 Å². The van der Waals surface area contributed by atoms with Gasteiger partial charge in [0.15, 0.2) is 5.78 Å². The zero-order valence-corrected chi connectivity index (χ0v) is 8.65. The number of allylic oxidation sites excluding steroid dienone is 1. The van der Waals surface area contributed by atoms with Crippen molar-refractivity contribution >= 4 is 23.0 Å². The number of hydrogen-bond acceptors (Lipinski definition) is 2. The molecular formula is C12H11NO2.